The lowest BCUT2D eigenvalue weighted by molar-refractivity contribution is -0.128. The van der Waals surface area contributed by atoms with Gasteiger partial charge in [0, 0.05) is 12.2 Å². The number of anilines is 1. The number of nitrogens with zero attached hydrogens (tertiary/aromatic N) is 1. The number of carbonyl (C=O) groups excluding carboxylic acids is 2. The molecule has 0 aliphatic carbocycles. The van der Waals surface area contributed by atoms with Crippen molar-refractivity contribution in [2.45, 2.75) is 12.8 Å². The van der Waals surface area contributed by atoms with Gasteiger partial charge in [0.15, 0.2) is 0 Å². The highest BCUT2D eigenvalue weighted by Crippen LogP contribution is 2.26. The summed E-state index contributed by atoms with van der Waals surface area (Å²) in [4.78, 5) is 25.8. The molecule has 7 nitrogen and oxygen atoms in total. The van der Waals surface area contributed by atoms with Gasteiger partial charge in [0.25, 0.3) is 5.91 Å². The molecule has 0 bridgehead atoms. The summed E-state index contributed by atoms with van der Waals surface area (Å²) in [6, 6.07) is 8.05. The molecule has 3 rings (SSSR count). The fraction of sp³-hybridized carbons (Fsp3) is 0.375. The lowest BCUT2D eigenvalue weighted by Gasteiger charge is -2.30. The highest BCUT2D eigenvalue weighted by atomic mass is 16.6. The molecule has 0 spiro atoms. The summed E-state index contributed by atoms with van der Waals surface area (Å²) < 4.78 is 10.1. The van der Waals surface area contributed by atoms with Crippen LogP contribution >= 0.6 is 0 Å². The minimum atomic E-state index is -0.530. The highest BCUT2D eigenvalue weighted by molar-refractivity contribution is 5.93. The van der Waals surface area contributed by atoms with Gasteiger partial charge in [-0.1, -0.05) is 18.2 Å². The fourth-order valence-corrected chi connectivity index (χ4v) is 2.66. The van der Waals surface area contributed by atoms with Crippen LogP contribution in [0.25, 0.3) is 0 Å². The van der Waals surface area contributed by atoms with Crippen molar-refractivity contribution >= 4 is 17.5 Å². The van der Waals surface area contributed by atoms with Crippen molar-refractivity contribution in [1.29, 1.82) is 0 Å². The molecular weight excluding hydrogens is 298 g/mol. The Balaban J connectivity index is 1.52. The number of hydrogen-bond donors (Lipinski definition) is 2. The molecule has 122 valence electrons. The Morgan fingerprint density at radius 2 is 2.04 bits per heavy atom. The molecule has 0 aromatic heterocycles. The average molecular weight is 317 g/mol. The lowest BCUT2D eigenvalue weighted by Crippen LogP contribution is -2.48. The Morgan fingerprint density at radius 1 is 1.17 bits per heavy atom. The van der Waals surface area contributed by atoms with Crippen molar-refractivity contribution in [1.82, 2.24) is 10.9 Å². The first-order valence-corrected chi connectivity index (χ1v) is 7.60. The monoisotopic (exact) mass is 317 g/mol. The van der Waals surface area contributed by atoms with E-state index in [0.29, 0.717) is 13.2 Å². The molecule has 0 saturated heterocycles. The number of amides is 2. The van der Waals surface area contributed by atoms with Gasteiger partial charge in [-0.2, -0.15) is 0 Å². The molecular formula is C16H19N3O4. The van der Waals surface area contributed by atoms with Gasteiger partial charge in [0.1, 0.15) is 19.5 Å². The van der Waals surface area contributed by atoms with E-state index < -0.39 is 5.91 Å². The SMILES string of the molecule is O=C(CN1CCCc2ccccc21)NNC(=O)C1=COCCO1. The second-order valence-electron chi connectivity index (χ2n) is 5.36. The molecule has 2 aliphatic heterocycles. The molecule has 7 heteroatoms. The lowest BCUT2D eigenvalue weighted by atomic mass is 10.0. The zero-order valence-corrected chi connectivity index (χ0v) is 12.7. The van der Waals surface area contributed by atoms with Crippen LogP contribution in [0.15, 0.2) is 36.3 Å². The van der Waals surface area contributed by atoms with E-state index in [2.05, 4.69) is 16.9 Å². The summed E-state index contributed by atoms with van der Waals surface area (Å²) in [6.07, 6.45) is 3.27. The van der Waals surface area contributed by atoms with Crippen LogP contribution in [-0.2, 0) is 25.5 Å². The molecule has 2 aliphatic rings. The number of carbonyl (C=O) groups is 2. The van der Waals surface area contributed by atoms with Crippen molar-refractivity contribution < 1.29 is 19.1 Å². The summed E-state index contributed by atoms with van der Waals surface area (Å²) in [5.74, 6) is -0.760. The topological polar surface area (TPSA) is 79.9 Å². The second kappa shape index (κ2) is 7.04. The molecule has 0 saturated carbocycles. The Morgan fingerprint density at radius 3 is 2.87 bits per heavy atom. The quantitative estimate of drug-likeness (QED) is 0.793. The summed E-state index contributed by atoms with van der Waals surface area (Å²) in [6.45, 7) is 1.74. The number of aryl methyl sites for hydroxylation is 1. The first-order valence-electron chi connectivity index (χ1n) is 7.60. The Labute approximate surface area is 134 Å². The molecule has 0 fully saturated rings. The predicted octanol–water partition coefficient (Wildman–Crippen LogP) is 0.475. The van der Waals surface area contributed by atoms with E-state index in [0.717, 1.165) is 25.1 Å². The minimum absolute atomic E-state index is 0.0554. The van der Waals surface area contributed by atoms with Crippen LogP contribution in [0.5, 0.6) is 0 Å². The zero-order chi connectivity index (χ0) is 16.1. The predicted molar refractivity (Wildman–Crippen MR) is 83.2 cm³/mol. The smallest absolute Gasteiger partial charge is 0.308 e. The number of hydrazine groups is 1. The number of nitrogens with one attached hydrogen (secondary N) is 2. The van der Waals surface area contributed by atoms with Crippen LogP contribution in [0, 0.1) is 0 Å². The third-order valence-electron chi connectivity index (χ3n) is 3.73. The van der Waals surface area contributed by atoms with E-state index in [4.69, 9.17) is 9.47 Å². The van der Waals surface area contributed by atoms with Crippen molar-refractivity contribution in [3.8, 4) is 0 Å². The summed E-state index contributed by atoms with van der Waals surface area (Å²) in [7, 11) is 0. The van der Waals surface area contributed by atoms with E-state index in [1.54, 1.807) is 0 Å². The number of hydrogen-bond acceptors (Lipinski definition) is 5. The summed E-state index contributed by atoms with van der Waals surface area (Å²) >= 11 is 0. The van der Waals surface area contributed by atoms with Crippen LogP contribution in [0.2, 0.25) is 0 Å². The second-order valence-corrected chi connectivity index (χ2v) is 5.36. The third kappa shape index (κ3) is 3.74. The Bertz CT molecular complexity index is 630. The standard InChI is InChI=1S/C16H19N3O4/c20-15(17-18-16(21)14-11-22-8-9-23-14)10-19-7-3-5-12-4-1-2-6-13(12)19/h1-2,4,6,11H,3,5,7-10H2,(H,17,20)(H,18,21). The van der Waals surface area contributed by atoms with Gasteiger partial charge in [-0.05, 0) is 24.5 Å². The summed E-state index contributed by atoms with van der Waals surface area (Å²) in [5.41, 5.74) is 7.05. The van der Waals surface area contributed by atoms with Crippen molar-refractivity contribution in [2.75, 3.05) is 31.2 Å². The van der Waals surface area contributed by atoms with E-state index in [1.807, 2.05) is 23.1 Å². The highest BCUT2D eigenvalue weighted by Gasteiger charge is 2.20. The normalized spacial score (nSPS) is 16.3. The molecule has 23 heavy (non-hydrogen) atoms. The van der Waals surface area contributed by atoms with Crippen molar-refractivity contribution in [3.63, 3.8) is 0 Å². The van der Waals surface area contributed by atoms with Gasteiger partial charge in [-0.15, -0.1) is 0 Å². The number of benzene rings is 1. The van der Waals surface area contributed by atoms with Crippen LogP contribution in [0.3, 0.4) is 0 Å². The molecule has 2 amide bonds. The van der Waals surface area contributed by atoms with Gasteiger partial charge in [-0.3, -0.25) is 20.4 Å². The van der Waals surface area contributed by atoms with Gasteiger partial charge < -0.3 is 14.4 Å². The number of ether oxygens (including phenoxy) is 2. The molecule has 2 heterocycles. The largest absolute Gasteiger partial charge is 0.494 e. The van der Waals surface area contributed by atoms with E-state index in [9.17, 15) is 9.59 Å². The van der Waals surface area contributed by atoms with Crippen LogP contribution in [-0.4, -0.2) is 38.1 Å². The van der Waals surface area contributed by atoms with Crippen LogP contribution in [0.4, 0.5) is 5.69 Å². The van der Waals surface area contributed by atoms with E-state index in [-0.39, 0.29) is 18.2 Å². The number of fused-ring (bicyclic) bond motifs is 1. The number of para-hydroxylation sites is 1. The van der Waals surface area contributed by atoms with Crippen LogP contribution in [0.1, 0.15) is 12.0 Å². The average Bonchev–Trinajstić information content (AvgIpc) is 2.61. The molecule has 1 aromatic carbocycles. The van der Waals surface area contributed by atoms with Gasteiger partial charge in [0.05, 0.1) is 6.54 Å². The fourth-order valence-electron chi connectivity index (χ4n) is 2.66. The third-order valence-corrected chi connectivity index (χ3v) is 3.73. The Hall–Kier alpha value is -2.70. The van der Waals surface area contributed by atoms with Gasteiger partial charge in [-0.25, -0.2) is 0 Å². The minimum Gasteiger partial charge on any atom is -0.494 e. The molecule has 0 radical (unpaired) electrons. The maximum Gasteiger partial charge on any atom is 0.308 e. The van der Waals surface area contributed by atoms with Gasteiger partial charge >= 0.3 is 5.91 Å². The van der Waals surface area contributed by atoms with E-state index in [1.165, 1.54) is 11.8 Å². The number of rotatable bonds is 3. The van der Waals surface area contributed by atoms with Gasteiger partial charge in [0.2, 0.25) is 5.76 Å². The molecule has 0 unspecified atom stereocenters. The van der Waals surface area contributed by atoms with E-state index >= 15 is 0 Å². The maximum atomic E-state index is 12.0. The molecule has 2 N–H and O–H groups in total. The zero-order valence-electron chi connectivity index (χ0n) is 12.7. The first-order chi connectivity index (χ1) is 11.2. The molecule has 0 atom stereocenters. The van der Waals surface area contributed by atoms with Crippen molar-refractivity contribution in [2.24, 2.45) is 0 Å². The maximum absolute atomic E-state index is 12.0. The Kier molecular flexibility index (Phi) is 4.65. The van der Waals surface area contributed by atoms with Crippen molar-refractivity contribution in [3.05, 3.63) is 41.9 Å². The molecule has 1 aromatic rings. The first kappa shape index (κ1) is 15.2. The summed E-state index contributed by atoms with van der Waals surface area (Å²) in [5, 5.41) is 0. The van der Waals surface area contributed by atoms with Crippen LogP contribution < -0.4 is 15.8 Å².